The highest BCUT2D eigenvalue weighted by Crippen LogP contribution is 2.29. The van der Waals surface area contributed by atoms with Crippen LogP contribution in [-0.2, 0) is 29.3 Å². The molecule has 160 valence electrons. The summed E-state index contributed by atoms with van der Waals surface area (Å²) in [5.74, 6) is 0.426. The van der Waals surface area contributed by atoms with Crippen molar-refractivity contribution in [2.45, 2.75) is 31.1 Å². The van der Waals surface area contributed by atoms with E-state index in [2.05, 4.69) is 15.6 Å². The number of primary sulfonamides is 1. The predicted octanol–water partition coefficient (Wildman–Crippen LogP) is 3.23. The summed E-state index contributed by atoms with van der Waals surface area (Å²) in [6.07, 6.45) is -4.40. The van der Waals surface area contributed by atoms with E-state index in [1.807, 2.05) is 6.92 Å². The zero-order valence-corrected chi connectivity index (χ0v) is 18.7. The monoisotopic (exact) mass is 542 g/mol. The zero-order chi connectivity index (χ0) is 20.8. The Bertz CT molecular complexity index is 933. The van der Waals surface area contributed by atoms with Crippen LogP contribution in [0, 0.1) is 0 Å². The number of nitrogens with two attached hydrogens (primary N) is 1. The first-order valence-corrected chi connectivity index (χ1v) is 9.94. The maximum Gasteiger partial charge on any atom is 0.416 e. The van der Waals surface area contributed by atoms with E-state index in [4.69, 9.17) is 5.14 Å². The molecule has 0 atom stereocenters. The van der Waals surface area contributed by atoms with Crippen LogP contribution in [0.3, 0.4) is 0 Å². The van der Waals surface area contributed by atoms with E-state index in [1.165, 1.54) is 18.2 Å². The second kappa shape index (κ2) is 10.8. The standard InChI is InChI=1S/C18H21F3N4O2S.HI/c1-2-23-17(24-11-13-6-8-16(9-7-13)28(22,26)27)25-12-14-4-3-5-15(10-14)18(19,20)21;/h3-10H,2,11-12H2,1H3,(H2,22,26,27)(H2,23,24,25);1H. The minimum Gasteiger partial charge on any atom is -0.357 e. The third-order valence-corrected chi connectivity index (χ3v) is 4.66. The molecular formula is C18H22F3IN4O2S. The van der Waals surface area contributed by atoms with Crippen LogP contribution < -0.4 is 15.8 Å². The summed E-state index contributed by atoms with van der Waals surface area (Å²) in [4.78, 5) is 4.31. The summed E-state index contributed by atoms with van der Waals surface area (Å²) in [5.41, 5.74) is 0.509. The number of alkyl halides is 3. The molecule has 0 radical (unpaired) electrons. The quantitative estimate of drug-likeness (QED) is 0.297. The number of hydrogen-bond acceptors (Lipinski definition) is 3. The van der Waals surface area contributed by atoms with Gasteiger partial charge in [-0.25, -0.2) is 18.5 Å². The van der Waals surface area contributed by atoms with Crippen LogP contribution in [0.5, 0.6) is 0 Å². The molecule has 0 aromatic heterocycles. The first-order valence-electron chi connectivity index (χ1n) is 8.39. The van der Waals surface area contributed by atoms with Gasteiger partial charge in [-0.2, -0.15) is 13.2 Å². The number of nitrogens with zero attached hydrogens (tertiary/aromatic N) is 1. The molecule has 0 fully saturated rings. The van der Waals surface area contributed by atoms with Crippen LogP contribution in [0.1, 0.15) is 23.6 Å². The largest absolute Gasteiger partial charge is 0.416 e. The number of benzene rings is 2. The summed E-state index contributed by atoms with van der Waals surface area (Å²) in [7, 11) is -3.75. The molecule has 29 heavy (non-hydrogen) atoms. The van der Waals surface area contributed by atoms with Gasteiger partial charge in [0.15, 0.2) is 5.96 Å². The van der Waals surface area contributed by atoms with Crippen molar-refractivity contribution in [1.82, 2.24) is 10.6 Å². The highest BCUT2D eigenvalue weighted by atomic mass is 127. The molecule has 4 N–H and O–H groups in total. The van der Waals surface area contributed by atoms with Gasteiger partial charge in [0, 0.05) is 13.1 Å². The Balaban J connectivity index is 0.00000420. The Morgan fingerprint density at radius 2 is 1.72 bits per heavy atom. The van der Waals surface area contributed by atoms with Gasteiger partial charge in [0.25, 0.3) is 0 Å². The summed E-state index contributed by atoms with van der Waals surface area (Å²) >= 11 is 0. The van der Waals surface area contributed by atoms with Crippen molar-refractivity contribution in [3.63, 3.8) is 0 Å². The van der Waals surface area contributed by atoms with Gasteiger partial charge in [0.1, 0.15) is 0 Å². The van der Waals surface area contributed by atoms with Crippen molar-refractivity contribution in [2.75, 3.05) is 6.54 Å². The molecule has 11 heteroatoms. The lowest BCUT2D eigenvalue weighted by Gasteiger charge is -2.12. The third-order valence-electron chi connectivity index (χ3n) is 3.73. The van der Waals surface area contributed by atoms with E-state index in [0.717, 1.165) is 17.7 Å². The van der Waals surface area contributed by atoms with Crippen molar-refractivity contribution < 1.29 is 21.6 Å². The van der Waals surface area contributed by atoms with E-state index in [1.54, 1.807) is 18.2 Å². The lowest BCUT2D eigenvalue weighted by Crippen LogP contribution is -2.36. The van der Waals surface area contributed by atoms with E-state index < -0.39 is 21.8 Å². The van der Waals surface area contributed by atoms with E-state index >= 15 is 0 Å². The number of halogens is 4. The van der Waals surface area contributed by atoms with Gasteiger partial charge in [-0.05, 0) is 42.3 Å². The highest BCUT2D eigenvalue weighted by molar-refractivity contribution is 14.0. The van der Waals surface area contributed by atoms with Crippen LogP contribution in [0.2, 0.25) is 0 Å². The molecule has 0 aliphatic heterocycles. The van der Waals surface area contributed by atoms with E-state index in [-0.39, 0.29) is 35.4 Å². The summed E-state index contributed by atoms with van der Waals surface area (Å²) in [6, 6.07) is 11.0. The van der Waals surface area contributed by atoms with Crippen LogP contribution >= 0.6 is 24.0 Å². The Hall–Kier alpha value is -1.86. The second-order valence-corrected chi connectivity index (χ2v) is 7.50. The molecule has 0 spiro atoms. The second-order valence-electron chi connectivity index (χ2n) is 5.94. The predicted molar refractivity (Wildman–Crippen MR) is 116 cm³/mol. The summed E-state index contributed by atoms with van der Waals surface area (Å²) in [6.45, 7) is 2.85. The molecular weight excluding hydrogens is 520 g/mol. The number of aliphatic imine (C=N–C) groups is 1. The number of sulfonamides is 1. The molecule has 2 rings (SSSR count). The third kappa shape index (κ3) is 8.19. The number of nitrogens with one attached hydrogen (secondary N) is 2. The van der Waals surface area contributed by atoms with Crippen molar-refractivity contribution in [3.05, 3.63) is 65.2 Å². The molecule has 2 aromatic rings. The first kappa shape index (κ1) is 25.2. The Morgan fingerprint density at radius 3 is 2.28 bits per heavy atom. The lowest BCUT2D eigenvalue weighted by atomic mass is 10.1. The van der Waals surface area contributed by atoms with Crippen LogP contribution in [0.25, 0.3) is 0 Å². The van der Waals surface area contributed by atoms with Gasteiger partial charge in [0.2, 0.25) is 10.0 Å². The molecule has 6 nitrogen and oxygen atoms in total. The molecule has 0 aliphatic rings. The lowest BCUT2D eigenvalue weighted by molar-refractivity contribution is -0.137. The minimum absolute atomic E-state index is 0. The Labute approximate surface area is 184 Å². The molecule has 0 saturated carbocycles. The number of guanidine groups is 1. The van der Waals surface area contributed by atoms with Gasteiger partial charge in [0.05, 0.1) is 17.0 Å². The maximum absolute atomic E-state index is 12.8. The van der Waals surface area contributed by atoms with Crippen LogP contribution in [0.15, 0.2) is 58.4 Å². The number of hydrogen-bond donors (Lipinski definition) is 3. The average molecular weight is 542 g/mol. The first-order chi connectivity index (χ1) is 13.1. The average Bonchev–Trinajstić information content (AvgIpc) is 2.63. The topological polar surface area (TPSA) is 96.6 Å². The molecule has 0 aliphatic carbocycles. The van der Waals surface area contributed by atoms with E-state index in [9.17, 15) is 21.6 Å². The fourth-order valence-electron chi connectivity index (χ4n) is 2.34. The zero-order valence-electron chi connectivity index (χ0n) is 15.5. The highest BCUT2D eigenvalue weighted by Gasteiger charge is 2.30. The van der Waals surface area contributed by atoms with Gasteiger partial charge < -0.3 is 10.6 Å². The molecule has 0 amide bonds. The van der Waals surface area contributed by atoms with E-state index in [0.29, 0.717) is 24.6 Å². The van der Waals surface area contributed by atoms with Crippen molar-refractivity contribution >= 4 is 40.0 Å². The Kier molecular flexibility index (Phi) is 9.36. The summed E-state index contributed by atoms with van der Waals surface area (Å²) in [5, 5.41) is 11.1. The fourth-order valence-corrected chi connectivity index (χ4v) is 2.86. The van der Waals surface area contributed by atoms with Crippen LogP contribution in [0.4, 0.5) is 13.2 Å². The van der Waals surface area contributed by atoms with Crippen molar-refractivity contribution in [2.24, 2.45) is 10.1 Å². The van der Waals surface area contributed by atoms with Gasteiger partial charge in [-0.3, -0.25) is 0 Å². The smallest absolute Gasteiger partial charge is 0.357 e. The van der Waals surface area contributed by atoms with Crippen molar-refractivity contribution in [3.8, 4) is 0 Å². The molecule has 0 unspecified atom stereocenters. The Morgan fingerprint density at radius 1 is 1.07 bits per heavy atom. The minimum atomic E-state index is -4.40. The molecule has 0 heterocycles. The molecule has 0 saturated heterocycles. The number of rotatable bonds is 6. The van der Waals surface area contributed by atoms with Gasteiger partial charge >= 0.3 is 6.18 Å². The van der Waals surface area contributed by atoms with Gasteiger partial charge in [-0.15, -0.1) is 24.0 Å². The molecule has 0 bridgehead atoms. The van der Waals surface area contributed by atoms with Gasteiger partial charge in [-0.1, -0.05) is 24.3 Å². The van der Waals surface area contributed by atoms with Crippen LogP contribution in [-0.4, -0.2) is 20.9 Å². The van der Waals surface area contributed by atoms with Crippen molar-refractivity contribution in [1.29, 1.82) is 0 Å². The summed E-state index contributed by atoms with van der Waals surface area (Å²) < 4.78 is 60.9. The maximum atomic E-state index is 12.8. The fraction of sp³-hybridized carbons (Fsp3) is 0.278. The molecule has 2 aromatic carbocycles. The SMILES string of the molecule is CCNC(=NCc1cccc(C(F)(F)F)c1)NCc1ccc(S(N)(=O)=O)cc1.I. The normalized spacial score (nSPS) is 12.2.